The van der Waals surface area contributed by atoms with Gasteiger partial charge in [-0.05, 0) is 54.1 Å². The summed E-state index contributed by atoms with van der Waals surface area (Å²) < 4.78 is 0. The molecule has 6 N–H and O–H groups in total. The summed E-state index contributed by atoms with van der Waals surface area (Å²) in [7, 11) is 0. The van der Waals surface area contributed by atoms with Crippen LogP contribution in [0.1, 0.15) is 48.7 Å². The Morgan fingerprint density at radius 3 is 2.59 bits per heavy atom. The average Bonchev–Trinajstić information content (AvgIpc) is 3.03. The first-order valence-electron chi connectivity index (χ1n) is 9.47. The molecular formula is C19H27N6O3S+. The molecule has 1 heterocycles. The number of benzene rings is 1. The maximum atomic E-state index is 12.7. The van der Waals surface area contributed by atoms with Gasteiger partial charge < -0.3 is 16.4 Å². The SMILES string of the molecule is CC(=O)Nc1cc(NCCCCCCN)ccc1C(=O)Nc1[nH+]c(C)c(N=O)s1. The second kappa shape index (κ2) is 11.2. The molecule has 9 nitrogen and oxygen atoms in total. The number of thiazole rings is 1. The van der Waals surface area contributed by atoms with Gasteiger partial charge in [0.1, 0.15) is 5.69 Å². The van der Waals surface area contributed by atoms with Crippen molar-refractivity contribution in [2.24, 2.45) is 10.9 Å². The van der Waals surface area contributed by atoms with Crippen LogP contribution in [0.4, 0.5) is 21.5 Å². The van der Waals surface area contributed by atoms with Gasteiger partial charge in [-0.3, -0.25) is 4.79 Å². The highest BCUT2D eigenvalue weighted by molar-refractivity contribution is 7.19. The number of nitrogens with one attached hydrogen (secondary N) is 4. The van der Waals surface area contributed by atoms with E-state index in [-0.39, 0.29) is 10.9 Å². The van der Waals surface area contributed by atoms with Crippen LogP contribution in [0.25, 0.3) is 0 Å². The van der Waals surface area contributed by atoms with E-state index in [1.807, 2.05) is 0 Å². The number of aromatic nitrogens is 1. The fourth-order valence-electron chi connectivity index (χ4n) is 2.74. The molecule has 0 aliphatic rings. The van der Waals surface area contributed by atoms with Crippen LogP contribution in [0.15, 0.2) is 23.4 Å². The first kappa shape index (κ1) is 22.4. The van der Waals surface area contributed by atoms with Gasteiger partial charge in [-0.25, -0.2) is 9.78 Å². The predicted molar refractivity (Wildman–Crippen MR) is 116 cm³/mol. The minimum Gasteiger partial charge on any atom is -0.385 e. The molecule has 2 amide bonds. The zero-order valence-corrected chi connectivity index (χ0v) is 17.4. The van der Waals surface area contributed by atoms with Crippen LogP contribution < -0.4 is 26.7 Å². The van der Waals surface area contributed by atoms with E-state index in [9.17, 15) is 14.5 Å². The highest BCUT2D eigenvalue weighted by atomic mass is 32.1. The van der Waals surface area contributed by atoms with Gasteiger partial charge in [-0.15, -0.1) is 4.91 Å². The third kappa shape index (κ3) is 6.91. The molecule has 0 spiro atoms. The normalized spacial score (nSPS) is 10.4. The lowest BCUT2D eigenvalue weighted by Crippen LogP contribution is -2.20. The zero-order valence-electron chi connectivity index (χ0n) is 16.6. The lowest BCUT2D eigenvalue weighted by Gasteiger charge is -2.12. The molecule has 2 rings (SSSR count). The molecule has 0 unspecified atom stereocenters. The second-order valence-corrected chi connectivity index (χ2v) is 7.60. The summed E-state index contributed by atoms with van der Waals surface area (Å²) in [6, 6.07) is 5.18. The highest BCUT2D eigenvalue weighted by Crippen LogP contribution is 2.28. The molecule has 0 saturated carbocycles. The van der Waals surface area contributed by atoms with E-state index in [0.717, 1.165) is 49.3 Å². The van der Waals surface area contributed by atoms with Crippen LogP contribution in [0.3, 0.4) is 0 Å². The van der Waals surface area contributed by atoms with Crippen molar-refractivity contribution in [2.45, 2.75) is 39.5 Å². The van der Waals surface area contributed by atoms with Gasteiger partial charge in [0.05, 0.1) is 11.3 Å². The maximum absolute atomic E-state index is 12.7. The number of aryl methyl sites for hydroxylation is 1. The monoisotopic (exact) mass is 419 g/mol. The topological polar surface area (TPSA) is 140 Å². The number of amides is 2. The predicted octanol–water partition coefficient (Wildman–Crippen LogP) is 3.41. The molecule has 0 saturated heterocycles. The summed E-state index contributed by atoms with van der Waals surface area (Å²) in [5, 5.41) is 12.3. The van der Waals surface area contributed by atoms with Crippen molar-refractivity contribution < 1.29 is 14.6 Å². The summed E-state index contributed by atoms with van der Waals surface area (Å²) in [6.45, 7) is 4.59. The fourth-order valence-corrected chi connectivity index (χ4v) is 3.52. The molecule has 2 aromatic rings. The van der Waals surface area contributed by atoms with Crippen molar-refractivity contribution in [3.05, 3.63) is 34.4 Å². The molecule has 0 bridgehead atoms. The van der Waals surface area contributed by atoms with Crippen molar-refractivity contribution in [3.8, 4) is 0 Å². The number of unbranched alkanes of at least 4 members (excludes halogenated alkanes) is 3. The van der Waals surface area contributed by atoms with E-state index in [0.29, 0.717) is 28.6 Å². The molecule has 1 aromatic carbocycles. The van der Waals surface area contributed by atoms with E-state index in [1.165, 1.54) is 6.92 Å². The van der Waals surface area contributed by atoms with Crippen LogP contribution in [0.5, 0.6) is 0 Å². The van der Waals surface area contributed by atoms with Crippen molar-refractivity contribution in [3.63, 3.8) is 0 Å². The van der Waals surface area contributed by atoms with Crippen LogP contribution in [0.2, 0.25) is 0 Å². The Kier molecular flexibility index (Phi) is 8.68. The third-order valence-electron chi connectivity index (χ3n) is 4.17. The Morgan fingerprint density at radius 1 is 1.17 bits per heavy atom. The number of anilines is 3. The molecule has 0 atom stereocenters. The number of aromatic amines is 1. The van der Waals surface area contributed by atoms with Crippen molar-refractivity contribution in [2.75, 3.05) is 29.0 Å². The fraction of sp³-hybridized carbons (Fsp3) is 0.421. The Bertz CT molecular complexity index is 868. The smallest absolute Gasteiger partial charge is 0.341 e. The molecule has 0 aliphatic heterocycles. The quantitative estimate of drug-likeness (QED) is 0.326. The van der Waals surface area contributed by atoms with E-state index in [2.05, 4.69) is 26.1 Å². The summed E-state index contributed by atoms with van der Waals surface area (Å²) in [6.07, 6.45) is 4.24. The molecule has 1 aromatic heterocycles. The lowest BCUT2D eigenvalue weighted by atomic mass is 10.1. The van der Waals surface area contributed by atoms with Gasteiger partial charge in [0.15, 0.2) is 0 Å². The molecular weight excluding hydrogens is 392 g/mol. The van der Waals surface area contributed by atoms with Crippen molar-refractivity contribution in [1.82, 2.24) is 0 Å². The number of nitrogens with two attached hydrogens (primary N) is 1. The third-order valence-corrected chi connectivity index (χ3v) is 5.15. The molecule has 10 heteroatoms. The molecule has 0 radical (unpaired) electrons. The van der Waals surface area contributed by atoms with Gasteiger partial charge in [0.25, 0.3) is 0 Å². The Balaban J connectivity index is 2.08. The van der Waals surface area contributed by atoms with Crippen molar-refractivity contribution >= 4 is 44.7 Å². The summed E-state index contributed by atoms with van der Waals surface area (Å²) >= 11 is 1.05. The zero-order chi connectivity index (χ0) is 21.2. The standard InChI is InChI=1S/C19H26N6O3S/c1-12-18(25-28)29-19(22-12)24-17(27)15-8-7-14(11-16(15)23-13(2)26)21-10-6-4-3-5-9-20/h7-8,11,21H,3-6,9-10,20H2,1-2H3,(H,23,26)(H,22,24,27)/p+1. The second-order valence-electron chi connectivity index (χ2n) is 6.60. The average molecular weight is 420 g/mol. The van der Waals surface area contributed by atoms with E-state index in [1.54, 1.807) is 25.1 Å². The number of carbonyl (C=O) groups is 2. The molecule has 0 fully saturated rings. The maximum Gasteiger partial charge on any atom is 0.341 e. The lowest BCUT2D eigenvalue weighted by molar-refractivity contribution is -0.363. The van der Waals surface area contributed by atoms with Crippen LogP contribution in [0, 0.1) is 11.8 Å². The van der Waals surface area contributed by atoms with Crippen molar-refractivity contribution in [1.29, 1.82) is 0 Å². The number of hydrogen-bond acceptors (Lipinski definition) is 7. The van der Waals surface area contributed by atoms with Gasteiger partial charge in [0, 0.05) is 26.1 Å². The molecule has 0 aliphatic carbocycles. The van der Waals surface area contributed by atoms with E-state index in [4.69, 9.17) is 5.73 Å². The van der Waals surface area contributed by atoms with E-state index >= 15 is 0 Å². The Hall–Kier alpha value is -2.85. The first-order valence-corrected chi connectivity index (χ1v) is 10.3. The number of nitrogens with zero attached hydrogens (tertiary/aromatic N) is 1. The minimum atomic E-state index is -0.406. The largest absolute Gasteiger partial charge is 0.385 e. The highest BCUT2D eigenvalue weighted by Gasteiger charge is 2.21. The molecule has 156 valence electrons. The Labute approximate surface area is 173 Å². The number of hydrogen-bond donors (Lipinski definition) is 4. The number of nitroso groups, excluding NO2 is 1. The van der Waals surface area contributed by atoms with E-state index < -0.39 is 5.91 Å². The van der Waals surface area contributed by atoms with Gasteiger partial charge in [-0.1, -0.05) is 12.8 Å². The summed E-state index contributed by atoms with van der Waals surface area (Å²) in [5.74, 6) is -0.680. The van der Waals surface area contributed by atoms with Crippen LogP contribution >= 0.6 is 11.3 Å². The van der Waals surface area contributed by atoms with Gasteiger partial charge in [0.2, 0.25) is 10.9 Å². The van der Waals surface area contributed by atoms with Gasteiger partial charge in [-0.2, -0.15) is 5.32 Å². The van der Waals surface area contributed by atoms with Crippen LogP contribution in [-0.2, 0) is 4.79 Å². The summed E-state index contributed by atoms with van der Waals surface area (Å²) in [4.78, 5) is 37.9. The minimum absolute atomic E-state index is 0.272. The Morgan fingerprint density at radius 2 is 1.93 bits per heavy atom. The first-order chi connectivity index (χ1) is 13.9. The number of rotatable bonds is 11. The molecule has 29 heavy (non-hydrogen) atoms. The number of H-pyrrole nitrogens is 1. The van der Waals surface area contributed by atoms with Gasteiger partial charge >= 0.3 is 11.0 Å². The van der Waals surface area contributed by atoms with Crippen LogP contribution in [-0.4, -0.2) is 24.9 Å². The summed E-state index contributed by atoms with van der Waals surface area (Å²) in [5.41, 5.74) is 7.60. The number of carbonyl (C=O) groups excluding carboxylic acids is 2.